The van der Waals surface area contributed by atoms with E-state index in [4.69, 9.17) is 4.74 Å². The minimum atomic E-state index is -0.590. The SMILES string of the molecule is COCCCCC1(C(=O)O)CCCC1. The molecule has 1 fully saturated rings. The van der Waals surface area contributed by atoms with Crippen molar-refractivity contribution in [2.45, 2.75) is 44.9 Å². The summed E-state index contributed by atoms with van der Waals surface area (Å²) >= 11 is 0. The largest absolute Gasteiger partial charge is 0.481 e. The lowest BCUT2D eigenvalue weighted by atomic mass is 9.81. The molecule has 3 heteroatoms. The number of unbranched alkanes of at least 4 members (excludes halogenated alkanes) is 1. The number of carboxylic acids is 1. The fourth-order valence-corrected chi connectivity index (χ4v) is 2.33. The molecule has 1 rings (SSSR count). The maximum Gasteiger partial charge on any atom is 0.309 e. The maximum atomic E-state index is 11.2. The van der Waals surface area contributed by atoms with Crippen LogP contribution in [-0.4, -0.2) is 24.8 Å². The van der Waals surface area contributed by atoms with Gasteiger partial charge in [0.15, 0.2) is 0 Å². The van der Waals surface area contributed by atoms with Gasteiger partial charge in [-0.25, -0.2) is 0 Å². The molecule has 0 bridgehead atoms. The highest BCUT2D eigenvalue weighted by Crippen LogP contribution is 2.42. The smallest absolute Gasteiger partial charge is 0.309 e. The first-order chi connectivity index (χ1) is 6.71. The Balaban J connectivity index is 2.33. The van der Waals surface area contributed by atoms with Crippen molar-refractivity contribution in [1.29, 1.82) is 0 Å². The van der Waals surface area contributed by atoms with E-state index in [0.29, 0.717) is 0 Å². The van der Waals surface area contributed by atoms with Gasteiger partial charge in [-0.15, -0.1) is 0 Å². The van der Waals surface area contributed by atoms with Gasteiger partial charge < -0.3 is 9.84 Å². The van der Waals surface area contributed by atoms with Crippen molar-refractivity contribution in [3.05, 3.63) is 0 Å². The van der Waals surface area contributed by atoms with Crippen molar-refractivity contribution in [3.63, 3.8) is 0 Å². The molecule has 0 aromatic heterocycles. The van der Waals surface area contributed by atoms with Crippen LogP contribution in [0.25, 0.3) is 0 Å². The van der Waals surface area contributed by atoms with Crippen LogP contribution in [0, 0.1) is 5.41 Å². The molecule has 0 aliphatic heterocycles. The van der Waals surface area contributed by atoms with E-state index in [-0.39, 0.29) is 0 Å². The summed E-state index contributed by atoms with van der Waals surface area (Å²) in [6.07, 6.45) is 6.68. The van der Waals surface area contributed by atoms with E-state index in [0.717, 1.165) is 51.6 Å². The first kappa shape index (κ1) is 11.5. The van der Waals surface area contributed by atoms with Gasteiger partial charge in [0.1, 0.15) is 0 Å². The molecule has 0 saturated heterocycles. The summed E-state index contributed by atoms with van der Waals surface area (Å²) in [5.41, 5.74) is -0.395. The highest BCUT2D eigenvalue weighted by atomic mass is 16.5. The van der Waals surface area contributed by atoms with Crippen LogP contribution in [-0.2, 0) is 9.53 Å². The zero-order valence-electron chi connectivity index (χ0n) is 8.92. The monoisotopic (exact) mass is 200 g/mol. The molecule has 1 N–H and O–H groups in total. The zero-order chi connectivity index (χ0) is 10.4. The normalized spacial score (nSPS) is 19.8. The minimum absolute atomic E-state index is 0.395. The van der Waals surface area contributed by atoms with Crippen LogP contribution >= 0.6 is 0 Å². The van der Waals surface area contributed by atoms with Gasteiger partial charge in [0.2, 0.25) is 0 Å². The Morgan fingerprint density at radius 2 is 2.00 bits per heavy atom. The molecule has 0 heterocycles. The Bertz CT molecular complexity index is 183. The fourth-order valence-electron chi connectivity index (χ4n) is 2.33. The van der Waals surface area contributed by atoms with Gasteiger partial charge in [-0.3, -0.25) is 4.79 Å². The first-order valence-electron chi connectivity index (χ1n) is 5.44. The number of methoxy groups -OCH3 is 1. The van der Waals surface area contributed by atoms with Gasteiger partial charge in [-0.05, 0) is 25.7 Å². The second-order valence-electron chi connectivity index (χ2n) is 4.24. The van der Waals surface area contributed by atoms with Crippen molar-refractivity contribution >= 4 is 5.97 Å². The van der Waals surface area contributed by atoms with Gasteiger partial charge >= 0.3 is 5.97 Å². The molecular formula is C11H20O3. The third-order valence-corrected chi connectivity index (χ3v) is 3.27. The zero-order valence-corrected chi connectivity index (χ0v) is 8.92. The van der Waals surface area contributed by atoms with Crippen LogP contribution in [0.4, 0.5) is 0 Å². The van der Waals surface area contributed by atoms with E-state index in [9.17, 15) is 9.90 Å². The summed E-state index contributed by atoms with van der Waals surface area (Å²) in [4.78, 5) is 11.2. The standard InChI is InChI=1S/C11H20O3/c1-14-9-5-4-8-11(10(12)13)6-2-3-7-11/h2-9H2,1H3,(H,12,13). The van der Waals surface area contributed by atoms with Crippen molar-refractivity contribution in [3.8, 4) is 0 Å². The van der Waals surface area contributed by atoms with Crippen LogP contribution in [0.5, 0.6) is 0 Å². The fraction of sp³-hybridized carbons (Fsp3) is 0.909. The maximum absolute atomic E-state index is 11.2. The van der Waals surface area contributed by atoms with E-state index in [2.05, 4.69) is 0 Å². The van der Waals surface area contributed by atoms with Crippen LogP contribution in [0.15, 0.2) is 0 Å². The van der Waals surface area contributed by atoms with E-state index < -0.39 is 11.4 Å². The summed E-state index contributed by atoms with van der Waals surface area (Å²) in [7, 11) is 1.68. The molecule has 0 aromatic rings. The Hall–Kier alpha value is -0.570. The second-order valence-corrected chi connectivity index (χ2v) is 4.24. The quantitative estimate of drug-likeness (QED) is 0.670. The predicted octanol–water partition coefficient (Wildman–Crippen LogP) is 2.45. The molecule has 0 radical (unpaired) electrons. The van der Waals surface area contributed by atoms with Gasteiger partial charge in [-0.2, -0.15) is 0 Å². The Morgan fingerprint density at radius 3 is 2.50 bits per heavy atom. The van der Waals surface area contributed by atoms with E-state index in [1.807, 2.05) is 0 Å². The average Bonchev–Trinajstić information content (AvgIpc) is 2.62. The molecule has 0 aromatic carbocycles. The summed E-state index contributed by atoms with van der Waals surface area (Å²) in [5.74, 6) is -0.590. The Labute approximate surface area is 85.5 Å². The first-order valence-corrected chi connectivity index (χ1v) is 5.44. The number of hydrogen-bond acceptors (Lipinski definition) is 2. The number of hydrogen-bond donors (Lipinski definition) is 1. The number of ether oxygens (including phenoxy) is 1. The predicted molar refractivity (Wildman–Crippen MR) is 54.3 cm³/mol. The number of aliphatic carboxylic acids is 1. The average molecular weight is 200 g/mol. The third kappa shape index (κ3) is 2.71. The highest BCUT2D eigenvalue weighted by Gasteiger charge is 2.40. The number of rotatable bonds is 6. The van der Waals surface area contributed by atoms with Crippen LogP contribution in [0.3, 0.4) is 0 Å². The molecule has 1 saturated carbocycles. The molecule has 82 valence electrons. The molecule has 0 unspecified atom stereocenters. The lowest BCUT2D eigenvalue weighted by molar-refractivity contribution is -0.149. The molecule has 1 aliphatic rings. The molecule has 1 aliphatic carbocycles. The van der Waals surface area contributed by atoms with Gasteiger partial charge in [0.25, 0.3) is 0 Å². The van der Waals surface area contributed by atoms with Crippen molar-refractivity contribution in [1.82, 2.24) is 0 Å². The number of carbonyl (C=O) groups is 1. The highest BCUT2D eigenvalue weighted by molar-refractivity contribution is 5.74. The molecule has 3 nitrogen and oxygen atoms in total. The molecule has 0 atom stereocenters. The molecule has 14 heavy (non-hydrogen) atoms. The lowest BCUT2D eigenvalue weighted by Crippen LogP contribution is -2.27. The van der Waals surface area contributed by atoms with Gasteiger partial charge in [-0.1, -0.05) is 19.3 Å². The Kier molecular flexibility index (Phi) is 4.39. The van der Waals surface area contributed by atoms with Crippen LogP contribution < -0.4 is 0 Å². The number of carboxylic acid groups (broad SMARTS) is 1. The van der Waals surface area contributed by atoms with Gasteiger partial charge in [0.05, 0.1) is 5.41 Å². The Morgan fingerprint density at radius 1 is 1.36 bits per heavy atom. The minimum Gasteiger partial charge on any atom is -0.481 e. The topological polar surface area (TPSA) is 46.5 Å². The molecule has 0 amide bonds. The molecule has 0 spiro atoms. The van der Waals surface area contributed by atoms with E-state index >= 15 is 0 Å². The third-order valence-electron chi connectivity index (χ3n) is 3.27. The van der Waals surface area contributed by atoms with Crippen LogP contribution in [0.2, 0.25) is 0 Å². The summed E-state index contributed by atoms with van der Waals surface area (Å²) < 4.78 is 4.95. The van der Waals surface area contributed by atoms with E-state index in [1.54, 1.807) is 7.11 Å². The van der Waals surface area contributed by atoms with Crippen LogP contribution in [0.1, 0.15) is 44.9 Å². The van der Waals surface area contributed by atoms with Crippen molar-refractivity contribution in [2.75, 3.05) is 13.7 Å². The second kappa shape index (κ2) is 5.35. The molecular weight excluding hydrogens is 180 g/mol. The summed E-state index contributed by atoms with van der Waals surface area (Å²) in [6.45, 7) is 0.746. The van der Waals surface area contributed by atoms with Crippen molar-refractivity contribution < 1.29 is 14.6 Å². The lowest BCUT2D eigenvalue weighted by Gasteiger charge is -2.23. The van der Waals surface area contributed by atoms with Crippen molar-refractivity contribution in [2.24, 2.45) is 5.41 Å². The van der Waals surface area contributed by atoms with E-state index in [1.165, 1.54) is 0 Å². The van der Waals surface area contributed by atoms with Gasteiger partial charge in [0, 0.05) is 13.7 Å². The summed E-state index contributed by atoms with van der Waals surface area (Å²) in [6, 6.07) is 0. The summed E-state index contributed by atoms with van der Waals surface area (Å²) in [5, 5.41) is 9.19.